The van der Waals surface area contributed by atoms with Crippen LogP contribution in [0.5, 0.6) is 0 Å². The molecule has 0 spiro atoms. The van der Waals surface area contributed by atoms with E-state index in [9.17, 15) is 14.7 Å². The summed E-state index contributed by atoms with van der Waals surface area (Å²) in [4.78, 5) is 22.9. The van der Waals surface area contributed by atoms with E-state index in [1.54, 1.807) is 6.07 Å². The lowest BCUT2D eigenvalue weighted by Crippen LogP contribution is -2.05. The third kappa shape index (κ3) is 2.01. The summed E-state index contributed by atoms with van der Waals surface area (Å²) in [6.45, 7) is 8.46. The fourth-order valence-electron chi connectivity index (χ4n) is 2.70. The van der Waals surface area contributed by atoms with E-state index in [0.717, 1.165) is 22.9 Å². The molecule has 1 heterocycles. The first-order chi connectivity index (χ1) is 9.42. The van der Waals surface area contributed by atoms with Crippen LogP contribution in [0.4, 0.5) is 0 Å². The first-order valence-corrected chi connectivity index (χ1v) is 6.77. The van der Waals surface area contributed by atoms with Gasteiger partial charge in [0.25, 0.3) is 0 Å². The molecule has 1 N–H and O–H groups in total. The van der Waals surface area contributed by atoms with Crippen LogP contribution < -0.4 is 0 Å². The molecule has 0 aliphatic carbocycles. The number of hydrogen-bond acceptors (Lipinski definition) is 2. The molecular formula is C16H19NO3. The Morgan fingerprint density at radius 1 is 1.40 bits per heavy atom. The predicted octanol–water partition coefficient (Wildman–Crippen LogP) is 3.60. The molecule has 2 aromatic rings. The standard InChI is InChI=1S/C16H19NO3/c1-5-17-10(4)14(8-18)12-6-11(9(2)3)7-13(15(12)17)16(19)20/h6-9H,5H2,1-4H3,(H,19,20). The highest BCUT2D eigenvalue weighted by Crippen LogP contribution is 2.31. The first kappa shape index (κ1) is 14.3. The van der Waals surface area contributed by atoms with Crippen LogP contribution in [0, 0.1) is 6.92 Å². The zero-order chi connectivity index (χ0) is 15.0. The number of rotatable bonds is 4. The zero-order valence-corrected chi connectivity index (χ0v) is 12.2. The van der Waals surface area contributed by atoms with Crippen LogP contribution in [0.15, 0.2) is 12.1 Å². The van der Waals surface area contributed by atoms with E-state index >= 15 is 0 Å². The number of aromatic nitrogens is 1. The number of benzene rings is 1. The maximum Gasteiger partial charge on any atom is 0.337 e. The van der Waals surface area contributed by atoms with Gasteiger partial charge in [0.1, 0.15) is 0 Å². The molecule has 0 bridgehead atoms. The van der Waals surface area contributed by atoms with Gasteiger partial charge in [-0.1, -0.05) is 13.8 Å². The molecule has 0 aliphatic rings. The molecule has 0 amide bonds. The molecular weight excluding hydrogens is 254 g/mol. The number of aldehydes is 1. The van der Waals surface area contributed by atoms with Crippen LogP contribution in [0.2, 0.25) is 0 Å². The summed E-state index contributed by atoms with van der Waals surface area (Å²) in [6.07, 6.45) is 0.819. The van der Waals surface area contributed by atoms with Gasteiger partial charge in [0.2, 0.25) is 0 Å². The Balaban J connectivity index is 3.00. The number of hydrogen-bond donors (Lipinski definition) is 1. The van der Waals surface area contributed by atoms with Crippen molar-refractivity contribution in [2.24, 2.45) is 0 Å². The lowest BCUT2D eigenvalue weighted by atomic mass is 9.97. The van der Waals surface area contributed by atoms with E-state index in [2.05, 4.69) is 0 Å². The molecule has 0 atom stereocenters. The van der Waals surface area contributed by atoms with Crippen LogP contribution >= 0.6 is 0 Å². The summed E-state index contributed by atoms with van der Waals surface area (Å²) in [5, 5.41) is 10.2. The highest BCUT2D eigenvalue weighted by atomic mass is 16.4. The first-order valence-electron chi connectivity index (χ1n) is 6.77. The van der Waals surface area contributed by atoms with Gasteiger partial charge in [-0.3, -0.25) is 4.79 Å². The molecule has 2 rings (SSSR count). The smallest absolute Gasteiger partial charge is 0.337 e. The van der Waals surface area contributed by atoms with Crippen LogP contribution in [0.1, 0.15) is 58.7 Å². The van der Waals surface area contributed by atoms with Gasteiger partial charge in [-0.25, -0.2) is 4.79 Å². The van der Waals surface area contributed by atoms with Gasteiger partial charge in [0, 0.05) is 23.2 Å². The SMILES string of the molecule is CCn1c(C)c(C=O)c2cc(C(C)C)cc(C(=O)O)c21. The number of carbonyl (C=O) groups excluding carboxylic acids is 1. The van der Waals surface area contributed by atoms with Crippen LogP contribution in [0.25, 0.3) is 10.9 Å². The van der Waals surface area contributed by atoms with Crippen LogP contribution in [0.3, 0.4) is 0 Å². The van der Waals surface area contributed by atoms with Crippen molar-refractivity contribution < 1.29 is 14.7 Å². The second kappa shape index (κ2) is 5.12. The fourth-order valence-corrected chi connectivity index (χ4v) is 2.70. The van der Waals surface area contributed by atoms with Gasteiger partial charge in [-0.05, 0) is 37.5 Å². The van der Waals surface area contributed by atoms with Crippen molar-refractivity contribution in [1.82, 2.24) is 4.57 Å². The summed E-state index contributed by atoms with van der Waals surface area (Å²) < 4.78 is 1.90. The van der Waals surface area contributed by atoms with Crippen molar-refractivity contribution in [2.75, 3.05) is 0 Å². The summed E-state index contributed by atoms with van der Waals surface area (Å²) in [5.41, 5.74) is 3.26. The highest BCUT2D eigenvalue weighted by Gasteiger charge is 2.20. The molecule has 0 fully saturated rings. The Morgan fingerprint density at radius 2 is 2.05 bits per heavy atom. The van der Waals surface area contributed by atoms with Crippen LogP contribution in [-0.2, 0) is 6.54 Å². The largest absolute Gasteiger partial charge is 0.478 e. The van der Waals surface area contributed by atoms with Crippen LogP contribution in [-0.4, -0.2) is 21.9 Å². The molecule has 20 heavy (non-hydrogen) atoms. The molecule has 4 nitrogen and oxygen atoms in total. The number of aryl methyl sites for hydroxylation is 1. The highest BCUT2D eigenvalue weighted by molar-refractivity contribution is 6.08. The maximum absolute atomic E-state index is 11.6. The average molecular weight is 273 g/mol. The van der Waals surface area contributed by atoms with Crippen molar-refractivity contribution in [1.29, 1.82) is 0 Å². The second-order valence-electron chi connectivity index (χ2n) is 5.29. The fraction of sp³-hybridized carbons (Fsp3) is 0.375. The van der Waals surface area contributed by atoms with E-state index in [-0.39, 0.29) is 11.5 Å². The molecule has 4 heteroatoms. The third-order valence-corrected chi connectivity index (χ3v) is 3.82. The predicted molar refractivity (Wildman–Crippen MR) is 78.8 cm³/mol. The van der Waals surface area contributed by atoms with Crippen molar-refractivity contribution in [3.63, 3.8) is 0 Å². The van der Waals surface area contributed by atoms with Crippen molar-refractivity contribution in [3.8, 4) is 0 Å². The van der Waals surface area contributed by atoms with E-state index in [4.69, 9.17) is 0 Å². The summed E-state index contributed by atoms with van der Waals surface area (Å²) in [5.74, 6) is -0.746. The van der Waals surface area contributed by atoms with E-state index in [0.29, 0.717) is 17.6 Å². The van der Waals surface area contributed by atoms with Gasteiger partial charge < -0.3 is 9.67 Å². The van der Waals surface area contributed by atoms with Gasteiger partial charge in [0.05, 0.1) is 11.1 Å². The van der Waals surface area contributed by atoms with Gasteiger partial charge in [-0.15, -0.1) is 0 Å². The van der Waals surface area contributed by atoms with Crippen molar-refractivity contribution >= 4 is 23.2 Å². The Hall–Kier alpha value is -2.10. The third-order valence-electron chi connectivity index (χ3n) is 3.82. The molecule has 1 aromatic heterocycles. The lowest BCUT2D eigenvalue weighted by molar-refractivity contribution is 0.0698. The minimum absolute atomic E-state index is 0.210. The molecule has 0 saturated carbocycles. The van der Waals surface area contributed by atoms with Crippen molar-refractivity contribution in [2.45, 2.75) is 40.2 Å². The number of nitrogens with zero attached hydrogens (tertiary/aromatic N) is 1. The lowest BCUT2D eigenvalue weighted by Gasteiger charge is -2.10. The molecule has 1 aromatic carbocycles. The monoisotopic (exact) mass is 273 g/mol. The average Bonchev–Trinajstić information content (AvgIpc) is 2.67. The maximum atomic E-state index is 11.6. The Kier molecular flexibility index (Phi) is 3.66. The molecule has 0 radical (unpaired) electrons. The molecule has 0 aliphatic heterocycles. The van der Waals surface area contributed by atoms with Gasteiger partial charge >= 0.3 is 5.97 Å². The van der Waals surface area contributed by atoms with E-state index < -0.39 is 5.97 Å². The normalized spacial score (nSPS) is 11.2. The van der Waals surface area contributed by atoms with E-state index in [1.165, 1.54) is 0 Å². The summed E-state index contributed by atoms with van der Waals surface area (Å²) in [6, 6.07) is 3.66. The number of aromatic carboxylic acids is 1. The quantitative estimate of drug-likeness (QED) is 0.866. The zero-order valence-electron chi connectivity index (χ0n) is 12.2. The minimum Gasteiger partial charge on any atom is -0.478 e. The number of carboxylic acids is 1. The Bertz CT molecular complexity index is 696. The van der Waals surface area contributed by atoms with Gasteiger partial charge in [0.15, 0.2) is 6.29 Å². The topological polar surface area (TPSA) is 59.3 Å². The van der Waals surface area contributed by atoms with Gasteiger partial charge in [-0.2, -0.15) is 0 Å². The Morgan fingerprint density at radius 3 is 2.50 bits per heavy atom. The number of carboxylic acid groups (broad SMARTS) is 1. The molecule has 106 valence electrons. The summed E-state index contributed by atoms with van der Waals surface area (Å²) in [7, 11) is 0. The second-order valence-corrected chi connectivity index (χ2v) is 5.29. The Labute approximate surface area is 118 Å². The van der Waals surface area contributed by atoms with E-state index in [1.807, 2.05) is 38.3 Å². The van der Waals surface area contributed by atoms with Crippen molar-refractivity contribution in [3.05, 3.63) is 34.5 Å². The minimum atomic E-state index is -0.956. The number of fused-ring (bicyclic) bond motifs is 1. The number of carbonyl (C=O) groups is 2. The molecule has 0 saturated heterocycles. The summed E-state index contributed by atoms with van der Waals surface area (Å²) >= 11 is 0. The molecule has 0 unspecified atom stereocenters.